The fraction of sp³-hybridized carbons (Fsp3) is 0.300. The number of aromatic hydroxyl groups is 1. The number of nitrogens with zero attached hydrogens (tertiary/aromatic N) is 1. The predicted molar refractivity (Wildman–Crippen MR) is 98.7 cm³/mol. The summed E-state index contributed by atoms with van der Waals surface area (Å²) in [6.07, 6.45) is 2.30. The maximum Gasteiger partial charge on any atom is 0.231 e. The smallest absolute Gasteiger partial charge is 0.231 e. The Balaban J connectivity index is 1.95. The Bertz CT molecular complexity index is 928. The number of nitrogens with one attached hydrogen (secondary N) is 1. The Morgan fingerprint density at radius 3 is 2.80 bits per heavy atom. The van der Waals surface area contributed by atoms with Crippen molar-refractivity contribution in [2.24, 2.45) is 0 Å². The number of anilines is 1. The average molecular weight is 338 g/mol. The number of carbonyl (C=O) groups is 1. The van der Waals surface area contributed by atoms with E-state index in [4.69, 9.17) is 4.42 Å². The second kappa shape index (κ2) is 6.97. The van der Waals surface area contributed by atoms with Gasteiger partial charge in [-0.15, -0.1) is 0 Å². The van der Waals surface area contributed by atoms with Crippen LogP contribution in [0.3, 0.4) is 0 Å². The normalized spacial score (nSPS) is 11.0. The number of amides is 1. The molecule has 0 fully saturated rings. The molecule has 3 aromatic rings. The number of fused-ring (bicyclic) bond motifs is 1. The molecule has 5 nitrogen and oxygen atoms in total. The van der Waals surface area contributed by atoms with Gasteiger partial charge in [0.1, 0.15) is 11.3 Å². The molecule has 1 aromatic heterocycles. The lowest BCUT2D eigenvalue weighted by molar-refractivity contribution is -0.116. The third-order valence-electron chi connectivity index (χ3n) is 4.09. The lowest BCUT2D eigenvalue weighted by Gasteiger charge is -2.07. The summed E-state index contributed by atoms with van der Waals surface area (Å²) in [5.74, 6) is 0.362. The number of hydrogen-bond donors (Lipinski definition) is 2. The number of oxazole rings is 1. The maximum atomic E-state index is 11.9. The summed E-state index contributed by atoms with van der Waals surface area (Å²) in [7, 11) is 0. The monoisotopic (exact) mass is 338 g/mol. The molecule has 1 heterocycles. The van der Waals surface area contributed by atoms with E-state index in [1.165, 1.54) is 6.07 Å². The molecule has 0 saturated heterocycles. The van der Waals surface area contributed by atoms with Crippen LogP contribution >= 0.6 is 0 Å². The van der Waals surface area contributed by atoms with Crippen LogP contribution in [0.2, 0.25) is 0 Å². The first-order valence-corrected chi connectivity index (χ1v) is 8.49. The Labute approximate surface area is 146 Å². The van der Waals surface area contributed by atoms with Crippen molar-refractivity contribution >= 4 is 22.7 Å². The number of benzene rings is 2. The molecule has 0 unspecified atom stereocenters. The van der Waals surface area contributed by atoms with Gasteiger partial charge in [0.2, 0.25) is 11.8 Å². The summed E-state index contributed by atoms with van der Waals surface area (Å²) in [6, 6.07) is 8.87. The molecule has 0 aliphatic carbocycles. The summed E-state index contributed by atoms with van der Waals surface area (Å²) in [5.41, 5.74) is 4.63. The minimum absolute atomic E-state index is 0.0393. The van der Waals surface area contributed by atoms with Crippen LogP contribution in [0.1, 0.15) is 37.3 Å². The minimum atomic E-state index is -0.0393. The number of unbranched alkanes of at least 4 members (excludes halogenated alkanes) is 1. The number of aryl methyl sites for hydroxylation is 2. The Morgan fingerprint density at radius 2 is 2.04 bits per heavy atom. The average Bonchev–Trinajstić information content (AvgIpc) is 2.98. The zero-order valence-corrected chi connectivity index (χ0v) is 14.7. The zero-order valence-electron chi connectivity index (χ0n) is 14.7. The molecule has 0 aliphatic heterocycles. The van der Waals surface area contributed by atoms with Crippen molar-refractivity contribution in [2.75, 3.05) is 5.32 Å². The van der Waals surface area contributed by atoms with Gasteiger partial charge in [0.25, 0.3) is 0 Å². The van der Waals surface area contributed by atoms with Crippen LogP contribution in [0, 0.1) is 13.8 Å². The van der Waals surface area contributed by atoms with Gasteiger partial charge in [-0.05, 0) is 55.7 Å². The van der Waals surface area contributed by atoms with E-state index in [-0.39, 0.29) is 11.7 Å². The van der Waals surface area contributed by atoms with Gasteiger partial charge in [-0.25, -0.2) is 4.98 Å². The summed E-state index contributed by atoms with van der Waals surface area (Å²) in [4.78, 5) is 16.4. The van der Waals surface area contributed by atoms with Gasteiger partial charge in [-0.1, -0.05) is 19.4 Å². The molecule has 130 valence electrons. The first-order valence-electron chi connectivity index (χ1n) is 8.49. The number of hydrogen-bond acceptors (Lipinski definition) is 4. The highest BCUT2D eigenvalue weighted by molar-refractivity contribution is 5.92. The highest BCUT2D eigenvalue weighted by Gasteiger charge is 2.15. The molecule has 0 radical (unpaired) electrons. The van der Waals surface area contributed by atoms with Crippen molar-refractivity contribution in [3.8, 4) is 17.2 Å². The van der Waals surface area contributed by atoms with Crippen LogP contribution in [-0.2, 0) is 4.79 Å². The van der Waals surface area contributed by atoms with E-state index in [1.807, 2.05) is 32.9 Å². The highest BCUT2D eigenvalue weighted by atomic mass is 16.3. The fourth-order valence-corrected chi connectivity index (χ4v) is 2.84. The summed E-state index contributed by atoms with van der Waals surface area (Å²) >= 11 is 0. The largest absolute Gasteiger partial charge is 0.507 e. The van der Waals surface area contributed by atoms with Crippen molar-refractivity contribution in [3.63, 3.8) is 0 Å². The van der Waals surface area contributed by atoms with Crippen molar-refractivity contribution < 1.29 is 14.3 Å². The lowest BCUT2D eigenvalue weighted by atomic mass is 10.1. The second-order valence-electron chi connectivity index (χ2n) is 6.33. The van der Waals surface area contributed by atoms with Crippen LogP contribution in [0.25, 0.3) is 22.6 Å². The molecule has 2 N–H and O–H groups in total. The number of aromatic nitrogens is 1. The number of carbonyl (C=O) groups excluding carboxylic acids is 1. The molecule has 25 heavy (non-hydrogen) atoms. The van der Waals surface area contributed by atoms with E-state index >= 15 is 0 Å². The van der Waals surface area contributed by atoms with Crippen LogP contribution in [-0.4, -0.2) is 16.0 Å². The molecule has 0 spiro atoms. The molecule has 0 saturated carbocycles. The number of phenolic OH excluding ortho intramolecular Hbond substituents is 1. The third-order valence-corrected chi connectivity index (χ3v) is 4.09. The van der Waals surface area contributed by atoms with Gasteiger partial charge in [-0.3, -0.25) is 4.79 Å². The number of rotatable bonds is 5. The molecular weight excluding hydrogens is 316 g/mol. The van der Waals surface area contributed by atoms with Gasteiger partial charge in [0.15, 0.2) is 5.58 Å². The van der Waals surface area contributed by atoms with Crippen LogP contribution < -0.4 is 5.32 Å². The van der Waals surface area contributed by atoms with Gasteiger partial charge in [-0.2, -0.15) is 0 Å². The summed E-state index contributed by atoms with van der Waals surface area (Å²) in [6.45, 7) is 6.02. The Morgan fingerprint density at radius 1 is 1.24 bits per heavy atom. The second-order valence-corrected chi connectivity index (χ2v) is 6.33. The molecule has 0 atom stereocenters. The fourth-order valence-electron chi connectivity index (χ4n) is 2.84. The quantitative estimate of drug-likeness (QED) is 0.646. The van der Waals surface area contributed by atoms with Gasteiger partial charge < -0.3 is 14.8 Å². The standard InChI is InChI=1S/C20H22N2O3/c1-4-5-6-18(24)21-14-7-8-17(23)15(11-14)20-22-16-10-12(2)9-13(3)19(16)25-20/h7-11,23H,4-6H2,1-3H3,(H,21,24). The van der Waals surface area contributed by atoms with Gasteiger partial charge in [0, 0.05) is 12.1 Å². The molecule has 0 aliphatic rings. The van der Waals surface area contributed by atoms with E-state index in [0.717, 1.165) is 29.5 Å². The van der Waals surface area contributed by atoms with Crippen molar-refractivity contribution in [1.82, 2.24) is 4.98 Å². The minimum Gasteiger partial charge on any atom is -0.507 e. The van der Waals surface area contributed by atoms with E-state index in [9.17, 15) is 9.90 Å². The van der Waals surface area contributed by atoms with Crippen molar-refractivity contribution in [1.29, 1.82) is 0 Å². The van der Waals surface area contributed by atoms with Crippen LogP contribution in [0.15, 0.2) is 34.7 Å². The third kappa shape index (κ3) is 3.65. The molecule has 2 aromatic carbocycles. The lowest BCUT2D eigenvalue weighted by Crippen LogP contribution is -2.10. The highest BCUT2D eigenvalue weighted by Crippen LogP contribution is 2.34. The summed E-state index contributed by atoms with van der Waals surface area (Å²) < 4.78 is 5.86. The van der Waals surface area contributed by atoms with E-state index in [1.54, 1.807) is 12.1 Å². The summed E-state index contributed by atoms with van der Waals surface area (Å²) in [5, 5.41) is 13.0. The van der Waals surface area contributed by atoms with E-state index in [2.05, 4.69) is 10.3 Å². The van der Waals surface area contributed by atoms with E-state index in [0.29, 0.717) is 29.1 Å². The maximum absolute atomic E-state index is 11.9. The molecule has 3 rings (SSSR count). The number of phenols is 1. The molecular formula is C20H22N2O3. The van der Waals surface area contributed by atoms with Crippen LogP contribution in [0.5, 0.6) is 5.75 Å². The van der Waals surface area contributed by atoms with E-state index < -0.39 is 0 Å². The van der Waals surface area contributed by atoms with Crippen molar-refractivity contribution in [3.05, 3.63) is 41.5 Å². The van der Waals surface area contributed by atoms with Crippen LogP contribution in [0.4, 0.5) is 5.69 Å². The predicted octanol–water partition coefficient (Wildman–Crippen LogP) is 4.95. The Kier molecular flexibility index (Phi) is 4.74. The first-order chi connectivity index (χ1) is 12.0. The first kappa shape index (κ1) is 17.0. The molecule has 0 bridgehead atoms. The topological polar surface area (TPSA) is 75.4 Å². The SMILES string of the molecule is CCCCC(=O)Nc1ccc(O)c(-c2nc3cc(C)cc(C)c3o2)c1. The van der Waals surface area contributed by atoms with Crippen molar-refractivity contribution in [2.45, 2.75) is 40.0 Å². The molecule has 5 heteroatoms. The van der Waals surface area contributed by atoms with Gasteiger partial charge in [0.05, 0.1) is 5.56 Å². The Hall–Kier alpha value is -2.82. The zero-order chi connectivity index (χ0) is 18.0. The van der Waals surface area contributed by atoms with Gasteiger partial charge >= 0.3 is 0 Å². The molecule has 1 amide bonds.